The van der Waals surface area contributed by atoms with Gasteiger partial charge in [-0.2, -0.15) is 9.78 Å². The van der Waals surface area contributed by atoms with Gasteiger partial charge < -0.3 is 5.32 Å². The van der Waals surface area contributed by atoms with Crippen LogP contribution in [0.15, 0.2) is 64.4 Å². The van der Waals surface area contributed by atoms with Crippen molar-refractivity contribution in [3.05, 3.63) is 81.6 Å². The number of thioether (sulfide) groups is 1. The Balaban J connectivity index is 1.76. The lowest BCUT2D eigenvalue weighted by Crippen LogP contribution is -2.24. The van der Waals surface area contributed by atoms with Crippen LogP contribution in [-0.4, -0.2) is 20.9 Å². The maximum absolute atomic E-state index is 12.5. The summed E-state index contributed by atoms with van der Waals surface area (Å²) in [7, 11) is 0. The molecule has 1 atom stereocenters. The van der Waals surface area contributed by atoms with E-state index in [0.29, 0.717) is 10.7 Å². The summed E-state index contributed by atoms with van der Waals surface area (Å²) in [6.45, 7) is 7.84. The van der Waals surface area contributed by atoms with Gasteiger partial charge in [-0.3, -0.25) is 9.59 Å². The maximum atomic E-state index is 12.5. The number of rotatable bonds is 5. The Morgan fingerprint density at radius 2 is 1.71 bits per heavy atom. The average Bonchev–Trinajstić information content (AvgIpc) is 2.67. The third-order valence-electron chi connectivity index (χ3n) is 4.50. The molecule has 0 aliphatic carbocycles. The molecule has 1 N–H and O–H groups in total. The fourth-order valence-corrected chi connectivity index (χ4v) is 3.42. The molecule has 0 saturated heterocycles. The van der Waals surface area contributed by atoms with Crippen LogP contribution in [0.25, 0.3) is 5.69 Å². The minimum absolute atomic E-state index is 0.111. The number of hydrogen-bond donors (Lipinski definition) is 1. The smallest absolute Gasteiger partial charge is 0.271 e. The Kier molecular flexibility index (Phi) is 5.99. The molecule has 0 aliphatic heterocycles. The summed E-state index contributed by atoms with van der Waals surface area (Å²) in [4.78, 5) is 24.7. The van der Waals surface area contributed by atoms with E-state index >= 15 is 0 Å². The average molecular weight is 394 g/mol. The second-order valence-electron chi connectivity index (χ2n) is 6.81. The molecule has 0 aliphatic rings. The molecule has 6 heteroatoms. The van der Waals surface area contributed by atoms with Gasteiger partial charge in [0.1, 0.15) is 5.03 Å². The third kappa shape index (κ3) is 4.70. The van der Waals surface area contributed by atoms with Gasteiger partial charge in [-0.1, -0.05) is 35.5 Å². The molecule has 1 amide bonds. The van der Waals surface area contributed by atoms with Crippen LogP contribution < -0.4 is 10.9 Å². The van der Waals surface area contributed by atoms with Crippen LogP contribution in [0.1, 0.15) is 23.6 Å². The minimum atomic E-state index is -0.362. The number of nitrogens with zero attached hydrogens (tertiary/aromatic N) is 2. The van der Waals surface area contributed by atoms with Gasteiger partial charge >= 0.3 is 0 Å². The van der Waals surface area contributed by atoms with Crippen LogP contribution >= 0.6 is 11.8 Å². The number of anilines is 1. The van der Waals surface area contributed by atoms with E-state index in [2.05, 4.69) is 10.4 Å². The molecule has 0 unspecified atom stereocenters. The minimum Gasteiger partial charge on any atom is -0.325 e. The largest absolute Gasteiger partial charge is 0.325 e. The fourth-order valence-electron chi connectivity index (χ4n) is 2.61. The maximum Gasteiger partial charge on any atom is 0.271 e. The Labute approximate surface area is 168 Å². The van der Waals surface area contributed by atoms with Crippen LogP contribution in [0.4, 0.5) is 5.69 Å². The van der Waals surface area contributed by atoms with Crippen molar-refractivity contribution in [1.29, 1.82) is 0 Å². The van der Waals surface area contributed by atoms with E-state index in [4.69, 9.17) is 0 Å². The lowest BCUT2D eigenvalue weighted by atomic mass is 10.1. The highest BCUT2D eigenvalue weighted by Crippen LogP contribution is 2.22. The first-order valence-corrected chi connectivity index (χ1v) is 9.93. The van der Waals surface area contributed by atoms with E-state index in [1.807, 2.05) is 70.2 Å². The molecule has 28 heavy (non-hydrogen) atoms. The fraction of sp³-hybridized carbons (Fsp3) is 0.227. The van der Waals surface area contributed by atoms with Crippen molar-refractivity contribution in [3.8, 4) is 5.69 Å². The standard InChI is InChI=1S/C22H23N3O2S/c1-14-5-8-18(9-6-14)23-22(27)17(4)28-20-11-12-21(26)25(24-20)19-10-7-15(2)16(3)13-19/h5-13,17H,1-4H3,(H,23,27)/t17-/m1/s1. The number of carbonyl (C=O) groups excluding carboxylic acids is 1. The Hall–Kier alpha value is -2.86. The Bertz CT molecular complexity index is 1060. The van der Waals surface area contributed by atoms with Gasteiger partial charge in [0, 0.05) is 11.8 Å². The lowest BCUT2D eigenvalue weighted by Gasteiger charge is -2.13. The van der Waals surface area contributed by atoms with Crippen molar-refractivity contribution >= 4 is 23.4 Å². The number of hydrogen-bond acceptors (Lipinski definition) is 4. The van der Waals surface area contributed by atoms with Gasteiger partial charge in [0.2, 0.25) is 5.91 Å². The first-order chi connectivity index (χ1) is 13.3. The normalized spacial score (nSPS) is 11.9. The molecule has 3 rings (SSSR count). The van der Waals surface area contributed by atoms with Gasteiger partial charge in [-0.05, 0) is 69.2 Å². The predicted octanol–water partition coefficient (Wildman–Crippen LogP) is 4.28. The highest BCUT2D eigenvalue weighted by atomic mass is 32.2. The summed E-state index contributed by atoms with van der Waals surface area (Å²) in [6.07, 6.45) is 0. The molecule has 3 aromatic rings. The molecule has 144 valence electrons. The van der Waals surface area contributed by atoms with E-state index in [9.17, 15) is 9.59 Å². The van der Waals surface area contributed by atoms with Gasteiger partial charge in [-0.25, -0.2) is 0 Å². The van der Waals surface area contributed by atoms with Crippen molar-refractivity contribution in [2.75, 3.05) is 5.32 Å². The third-order valence-corrected chi connectivity index (χ3v) is 5.52. The summed E-state index contributed by atoms with van der Waals surface area (Å²) in [5.41, 5.74) is 4.66. The van der Waals surface area contributed by atoms with Crippen LogP contribution in [-0.2, 0) is 4.79 Å². The molecule has 0 radical (unpaired) electrons. The van der Waals surface area contributed by atoms with Crippen LogP contribution in [0.5, 0.6) is 0 Å². The summed E-state index contributed by atoms with van der Waals surface area (Å²) in [6, 6.07) is 16.6. The molecule has 1 aromatic heterocycles. The molecule has 1 heterocycles. The predicted molar refractivity (Wildman–Crippen MR) is 114 cm³/mol. The lowest BCUT2D eigenvalue weighted by molar-refractivity contribution is -0.115. The quantitative estimate of drug-likeness (QED) is 0.657. The SMILES string of the molecule is Cc1ccc(NC(=O)[C@@H](C)Sc2ccc(=O)n(-c3ccc(C)c(C)c3)n2)cc1. The van der Waals surface area contributed by atoms with Crippen molar-refractivity contribution < 1.29 is 4.79 Å². The van der Waals surface area contributed by atoms with Crippen LogP contribution in [0, 0.1) is 20.8 Å². The van der Waals surface area contributed by atoms with E-state index in [1.54, 1.807) is 6.07 Å². The van der Waals surface area contributed by atoms with Crippen molar-refractivity contribution in [1.82, 2.24) is 9.78 Å². The molecule has 2 aromatic carbocycles. The van der Waals surface area contributed by atoms with Gasteiger partial charge in [0.05, 0.1) is 10.9 Å². The van der Waals surface area contributed by atoms with Crippen molar-refractivity contribution in [2.45, 2.75) is 38.0 Å². The van der Waals surface area contributed by atoms with Crippen LogP contribution in [0.2, 0.25) is 0 Å². The number of nitrogens with one attached hydrogen (secondary N) is 1. The highest BCUT2D eigenvalue weighted by Gasteiger charge is 2.16. The zero-order valence-corrected chi connectivity index (χ0v) is 17.2. The van der Waals surface area contributed by atoms with E-state index in [-0.39, 0.29) is 16.7 Å². The zero-order chi connectivity index (χ0) is 20.3. The number of benzene rings is 2. The van der Waals surface area contributed by atoms with E-state index < -0.39 is 0 Å². The number of carbonyl (C=O) groups is 1. The summed E-state index contributed by atoms with van der Waals surface area (Å²) in [5, 5.41) is 7.60. The summed E-state index contributed by atoms with van der Waals surface area (Å²) in [5.74, 6) is -0.111. The molecular weight excluding hydrogens is 370 g/mol. The van der Waals surface area contributed by atoms with Gasteiger partial charge in [0.15, 0.2) is 0 Å². The van der Waals surface area contributed by atoms with E-state index in [1.165, 1.54) is 22.5 Å². The number of aromatic nitrogens is 2. The first kappa shape index (κ1) is 19.9. The topological polar surface area (TPSA) is 64.0 Å². The number of amides is 1. The summed E-state index contributed by atoms with van der Waals surface area (Å²) >= 11 is 1.32. The zero-order valence-electron chi connectivity index (χ0n) is 16.4. The number of aryl methyl sites for hydroxylation is 3. The van der Waals surface area contributed by atoms with Gasteiger partial charge in [-0.15, -0.1) is 0 Å². The molecule has 0 saturated carbocycles. The van der Waals surface area contributed by atoms with Crippen molar-refractivity contribution in [3.63, 3.8) is 0 Å². The van der Waals surface area contributed by atoms with Crippen molar-refractivity contribution in [2.24, 2.45) is 0 Å². The summed E-state index contributed by atoms with van der Waals surface area (Å²) < 4.78 is 1.37. The molecule has 0 bridgehead atoms. The molecule has 0 spiro atoms. The molecular formula is C22H23N3O2S. The van der Waals surface area contributed by atoms with E-state index in [0.717, 1.165) is 22.4 Å². The first-order valence-electron chi connectivity index (χ1n) is 9.06. The Morgan fingerprint density at radius 1 is 1.00 bits per heavy atom. The highest BCUT2D eigenvalue weighted by molar-refractivity contribution is 8.00. The van der Waals surface area contributed by atoms with Gasteiger partial charge in [0.25, 0.3) is 5.56 Å². The monoisotopic (exact) mass is 393 g/mol. The molecule has 5 nitrogen and oxygen atoms in total. The Morgan fingerprint density at radius 3 is 2.39 bits per heavy atom. The van der Waals surface area contributed by atoms with Crippen LogP contribution in [0.3, 0.4) is 0 Å². The second kappa shape index (κ2) is 8.44. The molecule has 0 fully saturated rings. The second-order valence-corrected chi connectivity index (χ2v) is 8.17.